The number of nitrogens with one attached hydrogen (secondary N) is 2. The molecule has 0 fully saturated rings. The van der Waals surface area contributed by atoms with Crippen LogP contribution < -0.4 is 5.32 Å². The molecule has 0 aliphatic heterocycles. The average molecular weight is 344 g/mol. The molecule has 0 unspecified atom stereocenters. The minimum Gasteiger partial charge on any atom is -0.464 e. The van der Waals surface area contributed by atoms with Crippen LogP contribution in [0.1, 0.15) is 16.8 Å². The second kappa shape index (κ2) is 6.28. The van der Waals surface area contributed by atoms with Crippen LogP contribution in [0.15, 0.2) is 47.2 Å². The monoisotopic (exact) mass is 344 g/mol. The van der Waals surface area contributed by atoms with Crippen LogP contribution in [0, 0.1) is 16.7 Å². The maximum atomic E-state index is 12.5. The van der Waals surface area contributed by atoms with E-state index in [-0.39, 0.29) is 22.7 Å². The van der Waals surface area contributed by atoms with Gasteiger partial charge in [0, 0.05) is 28.4 Å². The molecule has 25 heavy (non-hydrogen) atoms. The van der Waals surface area contributed by atoms with Crippen LogP contribution in [0.4, 0.5) is 18.9 Å². The first-order chi connectivity index (χ1) is 11.9. The van der Waals surface area contributed by atoms with Gasteiger partial charge in [-0.15, -0.1) is 0 Å². The molecule has 5 nitrogen and oxygen atoms in total. The lowest BCUT2D eigenvalue weighted by molar-refractivity contribution is -0.115. The molecule has 1 aromatic carbocycles. The van der Waals surface area contributed by atoms with Gasteiger partial charge in [0.2, 0.25) is 0 Å². The molecule has 2 N–H and O–H groups in total. The van der Waals surface area contributed by atoms with Crippen molar-refractivity contribution in [3.05, 3.63) is 59.6 Å². The second-order valence-corrected chi connectivity index (χ2v) is 5.22. The first-order valence-corrected chi connectivity index (χ1v) is 7.15. The summed E-state index contributed by atoms with van der Waals surface area (Å²) in [7, 11) is 0. The van der Waals surface area contributed by atoms with Crippen molar-refractivity contribution in [2.75, 3.05) is 11.9 Å². The quantitative estimate of drug-likeness (QED) is 0.698. The van der Waals surface area contributed by atoms with Crippen molar-refractivity contribution in [3.63, 3.8) is 0 Å². The van der Waals surface area contributed by atoms with Crippen LogP contribution in [0.5, 0.6) is 0 Å². The van der Waals surface area contributed by atoms with Gasteiger partial charge in [-0.3, -0.25) is 5.41 Å². The van der Waals surface area contributed by atoms with Crippen LogP contribution >= 0.6 is 0 Å². The molecule has 0 aliphatic rings. The van der Waals surface area contributed by atoms with Gasteiger partial charge in [-0.05, 0) is 12.1 Å². The maximum Gasteiger partial charge on any atom is 0.405 e. The smallest absolute Gasteiger partial charge is 0.405 e. The van der Waals surface area contributed by atoms with Gasteiger partial charge in [-0.25, -0.2) is 4.98 Å². The molecule has 0 radical (unpaired) electrons. The lowest BCUT2D eigenvalue weighted by Crippen LogP contribution is -2.22. The molecule has 0 saturated carbocycles. The summed E-state index contributed by atoms with van der Waals surface area (Å²) < 4.78 is 43.0. The summed E-state index contributed by atoms with van der Waals surface area (Å²) in [6.45, 7) is -1.28. The Kier molecular flexibility index (Phi) is 4.15. The number of nitrogens with zero attached hydrogens (tertiary/aromatic N) is 2. The highest BCUT2D eigenvalue weighted by Gasteiger charge is 2.27. The van der Waals surface area contributed by atoms with Crippen molar-refractivity contribution in [1.29, 1.82) is 10.7 Å². The molecule has 8 heteroatoms. The number of para-hydroxylation sites is 1. The average Bonchev–Trinajstić information content (AvgIpc) is 3.02. The first kappa shape index (κ1) is 16.5. The highest BCUT2D eigenvalue weighted by molar-refractivity contribution is 6.19. The number of pyridine rings is 1. The number of fused-ring (bicyclic) bond motifs is 1. The maximum absolute atomic E-state index is 12.5. The Morgan fingerprint density at radius 1 is 1.28 bits per heavy atom. The fourth-order valence-corrected chi connectivity index (χ4v) is 2.37. The fourth-order valence-electron chi connectivity index (χ4n) is 2.37. The Balaban J connectivity index is 2.03. The molecular weight excluding hydrogens is 333 g/mol. The van der Waals surface area contributed by atoms with E-state index in [0.29, 0.717) is 16.5 Å². The van der Waals surface area contributed by atoms with E-state index in [4.69, 9.17) is 15.1 Å². The minimum atomic E-state index is -4.43. The van der Waals surface area contributed by atoms with Gasteiger partial charge >= 0.3 is 6.18 Å². The van der Waals surface area contributed by atoms with E-state index >= 15 is 0 Å². The molecule has 0 atom stereocenters. The Morgan fingerprint density at radius 3 is 2.76 bits per heavy atom. The number of rotatable bonds is 4. The van der Waals surface area contributed by atoms with E-state index in [1.807, 2.05) is 0 Å². The molecule has 0 aliphatic carbocycles. The molecule has 0 saturated heterocycles. The number of nitriles is 1. The number of furan rings is 1. The lowest BCUT2D eigenvalue weighted by atomic mass is 10.0. The van der Waals surface area contributed by atoms with Crippen molar-refractivity contribution in [1.82, 2.24) is 4.98 Å². The SMILES string of the molecule is N#Cc1cc(NCC(F)(F)F)c(C(=N)c2coc3ccccc23)cn1. The number of hydrogen-bond acceptors (Lipinski definition) is 5. The van der Waals surface area contributed by atoms with Crippen LogP contribution in [0.3, 0.4) is 0 Å². The normalized spacial score (nSPS) is 11.3. The van der Waals surface area contributed by atoms with E-state index in [0.717, 1.165) is 0 Å². The predicted octanol–water partition coefficient (Wildman–Crippen LogP) is 4.09. The fraction of sp³-hybridized carbons (Fsp3) is 0.118. The number of alkyl halides is 3. The van der Waals surface area contributed by atoms with Crippen molar-refractivity contribution < 1.29 is 17.6 Å². The summed E-state index contributed by atoms with van der Waals surface area (Å²) in [5, 5.41) is 20.2. The first-order valence-electron chi connectivity index (χ1n) is 7.15. The summed E-state index contributed by atoms with van der Waals surface area (Å²) in [5.41, 5.74) is 1.06. The van der Waals surface area contributed by atoms with E-state index < -0.39 is 12.7 Å². The second-order valence-electron chi connectivity index (χ2n) is 5.22. The minimum absolute atomic E-state index is 0.0131. The molecule has 2 aromatic heterocycles. The number of anilines is 1. The topological polar surface area (TPSA) is 85.7 Å². The zero-order valence-corrected chi connectivity index (χ0v) is 12.7. The third kappa shape index (κ3) is 3.45. The van der Waals surface area contributed by atoms with Gasteiger partial charge in [0.1, 0.15) is 30.2 Å². The molecule has 0 spiro atoms. The van der Waals surface area contributed by atoms with Gasteiger partial charge in [0.05, 0.1) is 5.71 Å². The molecule has 3 rings (SSSR count). The Bertz CT molecular complexity index is 985. The number of hydrogen-bond donors (Lipinski definition) is 2. The summed E-state index contributed by atoms with van der Waals surface area (Å²) in [4.78, 5) is 3.86. The van der Waals surface area contributed by atoms with Crippen LogP contribution in [0.25, 0.3) is 11.0 Å². The molecular formula is C17H11F3N4O. The third-order valence-electron chi connectivity index (χ3n) is 3.52. The van der Waals surface area contributed by atoms with Crippen molar-refractivity contribution >= 4 is 22.4 Å². The van der Waals surface area contributed by atoms with Crippen molar-refractivity contribution in [2.45, 2.75) is 6.18 Å². The summed E-state index contributed by atoms with van der Waals surface area (Å²) in [5.74, 6) is 0. The number of halogens is 3. The predicted molar refractivity (Wildman–Crippen MR) is 85.6 cm³/mol. The Labute approximate surface area is 140 Å². The van der Waals surface area contributed by atoms with Gasteiger partial charge in [-0.1, -0.05) is 18.2 Å². The van der Waals surface area contributed by atoms with Crippen LogP contribution in [-0.4, -0.2) is 23.4 Å². The van der Waals surface area contributed by atoms with E-state index in [1.165, 1.54) is 18.5 Å². The zero-order valence-electron chi connectivity index (χ0n) is 12.7. The Morgan fingerprint density at radius 2 is 2.04 bits per heavy atom. The van der Waals surface area contributed by atoms with Gasteiger partial charge in [0.15, 0.2) is 0 Å². The van der Waals surface area contributed by atoms with Gasteiger partial charge in [0.25, 0.3) is 0 Å². The summed E-state index contributed by atoms with van der Waals surface area (Å²) >= 11 is 0. The van der Waals surface area contributed by atoms with Gasteiger partial charge in [-0.2, -0.15) is 18.4 Å². The summed E-state index contributed by atoms with van der Waals surface area (Å²) in [6.07, 6.45) is -1.85. The Hall–Kier alpha value is -3.34. The molecule has 0 bridgehead atoms. The molecule has 2 heterocycles. The molecule has 0 amide bonds. The highest BCUT2D eigenvalue weighted by atomic mass is 19.4. The number of benzene rings is 1. The lowest BCUT2D eigenvalue weighted by Gasteiger charge is -2.14. The van der Waals surface area contributed by atoms with Crippen molar-refractivity contribution in [3.8, 4) is 6.07 Å². The van der Waals surface area contributed by atoms with Crippen LogP contribution in [0.2, 0.25) is 0 Å². The molecule has 3 aromatic rings. The third-order valence-corrected chi connectivity index (χ3v) is 3.52. The highest BCUT2D eigenvalue weighted by Crippen LogP contribution is 2.27. The van der Waals surface area contributed by atoms with Crippen molar-refractivity contribution in [2.24, 2.45) is 0 Å². The van der Waals surface area contributed by atoms with E-state index in [9.17, 15) is 13.2 Å². The number of aromatic nitrogens is 1. The van der Waals surface area contributed by atoms with Crippen LogP contribution in [-0.2, 0) is 0 Å². The summed E-state index contributed by atoms with van der Waals surface area (Å²) in [6, 6.07) is 10.00. The molecule has 126 valence electrons. The largest absolute Gasteiger partial charge is 0.464 e. The van der Waals surface area contributed by atoms with E-state index in [2.05, 4.69) is 10.3 Å². The zero-order chi connectivity index (χ0) is 18.0. The van der Waals surface area contributed by atoms with E-state index in [1.54, 1.807) is 30.3 Å². The van der Waals surface area contributed by atoms with Gasteiger partial charge < -0.3 is 9.73 Å². The standard InChI is InChI=1S/C17H11F3N4O/c18-17(19,20)9-24-14-5-10(6-21)23-7-12(14)16(22)13-8-25-15-4-2-1-3-11(13)15/h1-5,7-8,22H,9H2,(H,23,24).